The molecule has 0 unspecified atom stereocenters. The van der Waals surface area contributed by atoms with Crippen molar-refractivity contribution in [3.8, 4) is 0 Å². The van der Waals surface area contributed by atoms with Gasteiger partial charge in [0.25, 0.3) is 5.91 Å². The molecule has 1 aromatic heterocycles. The summed E-state index contributed by atoms with van der Waals surface area (Å²) in [5, 5.41) is 3.22. The highest BCUT2D eigenvalue weighted by molar-refractivity contribution is 5.93. The summed E-state index contributed by atoms with van der Waals surface area (Å²) in [6.45, 7) is 10.6. The van der Waals surface area contributed by atoms with Gasteiger partial charge in [-0.2, -0.15) is 0 Å². The highest BCUT2D eigenvalue weighted by atomic mass is 16.5. The predicted octanol–water partition coefficient (Wildman–Crippen LogP) is -0.167. The maximum absolute atomic E-state index is 12.8. The smallest absolute Gasteiger partial charge is 0.272 e. The molecule has 9 nitrogen and oxygen atoms in total. The van der Waals surface area contributed by atoms with Gasteiger partial charge in [-0.3, -0.25) is 14.5 Å². The quantitative estimate of drug-likeness (QED) is 0.763. The van der Waals surface area contributed by atoms with Crippen LogP contribution in [0.3, 0.4) is 0 Å². The molecular formula is C18H28N6O3. The van der Waals surface area contributed by atoms with Gasteiger partial charge in [0.05, 0.1) is 13.2 Å². The minimum Gasteiger partial charge on any atom is -0.379 e. The van der Waals surface area contributed by atoms with E-state index in [-0.39, 0.29) is 11.8 Å². The Morgan fingerprint density at radius 3 is 2.41 bits per heavy atom. The Labute approximate surface area is 159 Å². The molecule has 0 spiro atoms. The zero-order valence-electron chi connectivity index (χ0n) is 16.1. The van der Waals surface area contributed by atoms with Gasteiger partial charge in [0, 0.05) is 65.0 Å². The fraction of sp³-hybridized carbons (Fsp3) is 0.667. The number of amides is 2. The Hall–Kier alpha value is -2.26. The van der Waals surface area contributed by atoms with E-state index < -0.39 is 0 Å². The fourth-order valence-corrected chi connectivity index (χ4v) is 3.29. The first kappa shape index (κ1) is 19.5. The van der Waals surface area contributed by atoms with Gasteiger partial charge in [0.15, 0.2) is 0 Å². The van der Waals surface area contributed by atoms with Crippen molar-refractivity contribution in [2.24, 2.45) is 0 Å². The number of ether oxygens (including phenoxy) is 1. The van der Waals surface area contributed by atoms with Crippen LogP contribution < -0.4 is 5.32 Å². The summed E-state index contributed by atoms with van der Waals surface area (Å²) in [4.78, 5) is 38.8. The lowest BCUT2D eigenvalue weighted by molar-refractivity contribution is -0.130. The maximum atomic E-state index is 12.8. The molecule has 0 bridgehead atoms. The van der Waals surface area contributed by atoms with Crippen LogP contribution in [0.5, 0.6) is 0 Å². The first-order valence-corrected chi connectivity index (χ1v) is 9.47. The summed E-state index contributed by atoms with van der Waals surface area (Å²) in [6.07, 6.45) is 0. The Morgan fingerprint density at radius 2 is 1.74 bits per heavy atom. The molecule has 3 heterocycles. The first-order valence-electron chi connectivity index (χ1n) is 9.47. The van der Waals surface area contributed by atoms with Gasteiger partial charge in [-0.05, 0) is 13.0 Å². The van der Waals surface area contributed by atoms with Gasteiger partial charge >= 0.3 is 0 Å². The molecule has 0 radical (unpaired) electrons. The molecule has 9 heteroatoms. The van der Waals surface area contributed by atoms with E-state index in [1.807, 2.05) is 6.92 Å². The van der Waals surface area contributed by atoms with Crippen molar-refractivity contribution in [1.82, 2.24) is 24.7 Å². The largest absolute Gasteiger partial charge is 0.379 e. The van der Waals surface area contributed by atoms with Crippen molar-refractivity contribution in [2.75, 3.05) is 70.9 Å². The van der Waals surface area contributed by atoms with Crippen LogP contribution in [0.2, 0.25) is 0 Å². The molecular weight excluding hydrogens is 348 g/mol. The third-order valence-electron chi connectivity index (χ3n) is 4.90. The number of piperazine rings is 1. The average molecular weight is 376 g/mol. The normalized spacial score (nSPS) is 18.4. The SMILES string of the molecule is CC(=O)N1CCN(C(=O)c2cc(C)nc(NCCN3CCOCC3)n2)CC1. The number of aromatic nitrogens is 2. The second kappa shape index (κ2) is 9.09. The standard InChI is InChI=1S/C18H28N6O3/c1-14-13-16(17(26)24-7-5-23(6-8-24)15(2)25)21-18(20-14)19-3-4-22-9-11-27-12-10-22/h13H,3-12H2,1-2H3,(H,19,20,21). The molecule has 2 amide bonds. The van der Waals surface area contributed by atoms with E-state index in [1.165, 1.54) is 0 Å². The van der Waals surface area contributed by atoms with Gasteiger partial charge in [0.1, 0.15) is 5.69 Å². The molecule has 1 N–H and O–H groups in total. The molecule has 0 aromatic carbocycles. The summed E-state index contributed by atoms with van der Waals surface area (Å²) >= 11 is 0. The van der Waals surface area contributed by atoms with Crippen LogP contribution in [0, 0.1) is 6.92 Å². The van der Waals surface area contributed by atoms with Crippen LogP contribution >= 0.6 is 0 Å². The van der Waals surface area contributed by atoms with Gasteiger partial charge in [-0.1, -0.05) is 0 Å². The fourth-order valence-electron chi connectivity index (χ4n) is 3.29. The van der Waals surface area contributed by atoms with E-state index in [1.54, 1.807) is 22.8 Å². The molecule has 2 aliphatic rings. The molecule has 0 aliphatic carbocycles. The van der Waals surface area contributed by atoms with E-state index in [0.29, 0.717) is 44.4 Å². The monoisotopic (exact) mass is 376 g/mol. The zero-order valence-corrected chi connectivity index (χ0v) is 16.1. The van der Waals surface area contributed by atoms with Crippen molar-refractivity contribution < 1.29 is 14.3 Å². The lowest BCUT2D eigenvalue weighted by Gasteiger charge is -2.34. The molecule has 2 saturated heterocycles. The Morgan fingerprint density at radius 1 is 1.07 bits per heavy atom. The molecule has 3 rings (SSSR count). The minimum atomic E-state index is -0.111. The van der Waals surface area contributed by atoms with E-state index >= 15 is 0 Å². The van der Waals surface area contributed by atoms with Crippen LogP contribution in [0.15, 0.2) is 6.07 Å². The van der Waals surface area contributed by atoms with Gasteiger partial charge in [-0.15, -0.1) is 0 Å². The summed E-state index contributed by atoms with van der Waals surface area (Å²) in [6, 6.07) is 1.72. The van der Waals surface area contributed by atoms with E-state index in [0.717, 1.165) is 38.5 Å². The van der Waals surface area contributed by atoms with Crippen molar-refractivity contribution in [3.05, 3.63) is 17.5 Å². The zero-order chi connectivity index (χ0) is 19.2. The number of nitrogens with one attached hydrogen (secondary N) is 1. The highest BCUT2D eigenvalue weighted by Gasteiger charge is 2.24. The first-order chi connectivity index (χ1) is 13.0. The van der Waals surface area contributed by atoms with Gasteiger partial charge < -0.3 is 19.9 Å². The minimum absolute atomic E-state index is 0.0479. The van der Waals surface area contributed by atoms with Gasteiger partial charge in [-0.25, -0.2) is 9.97 Å². The number of carbonyl (C=O) groups is 2. The van der Waals surface area contributed by atoms with Crippen LogP contribution in [-0.2, 0) is 9.53 Å². The number of anilines is 1. The predicted molar refractivity (Wildman–Crippen MR) is 101 cm³/mol. The number of rotatable bonds is 5. The lowest BCUT2D eigenvalue weighted by atomic mass is 10.2. The average Bonchev–Trinajstić information content (AvgIpc) is 2.68. The molecule has 2 fully saturated rings. The molecule has 148 valence electrons. The molecule has 0 atom stereocenters. The van der Waals surface area contributed by atoms with E-state index in [9.17, 15) is 9.59 Å². The molecule has 27 heavy (non-hydrogen) atoms. The Bertz CT molecular complexity index is 669. The van der Waals surface area contributed by atoms with Crippen molar-refractivity contribution in [1.29, 1.82) is 0 Å². The molecule has 1 aromatic rings. The van der Waals surface area contributed by atoms with Crippen LogP contribution in [0.25, 0.3) is 0 Å². The number of aryl methyl sites for hydroxylation is 1. The topological polar surface area (TPSA) is 90.9 Å². The number of morpholine rings is 1. The van der Waals surface area contributed by atoms with E-state index in [4.69, 9.17) is 4.74 Å². The molecule has 0 saturated carbocycles. The summed E-state index contributed by atoms with van der Waals surface area (Å²) in [7, 11) is 0. The number of nitrogens with zero attached hydrogens (tertiary/aromatic N) is 5. The van der Waals surface area contributed by atoms with Crippen molar-refractivity contribution in [3.63, 3.8) is 0 Å². The third kappa shape index (κ3) is 5.36. The summed E-state index contributed by atoms with van der Waals surface area (Å²) < 4.78 is 5.35. The van der Waals surface area contributed by atoms with Crippen LogP contribution in [-0.4, -0.2) is 102 Å². The second-order valence-corrected chi connectivity index (χ2v) is 6.90. The second-order valence-electron chi connectivity index (χ2n) is 6.90. The van der Waals surface area contributed by atoms with Crippen LogP contribution in [0.1, 0.15) is 23.1 Å². The third-order valence-corrected chi connectivity index (χ3v) is 4.90. The number of hydrogen-bond acceptors (Lipinski definition) is 7. The summed E-state index contributed by atoms with van der Waals surface area (Å²) in [5.74, 6) is 0.417. The lowest BCUT2D eigenvalue weighted by Crippen LogP contribution is -2.50. The van der Waals surface area contributed by atoms with E-state index in [2.05, 4.69) is 20.2 Å². The maximum Gasteiger partial charge on any atom is 0.272 e. The number of carbonyl (C=O) groups excluding carboxylic acids is 2. The Balaban J connectivity index is 1.56. The molecule has 2 aliphatic heterocycles. The Kier molecular flexibility index (Phi) is 6.57. The van der Waals surface area contributed by atoms with Crippen molar-refractivity contribution >= 4 is 17.8 Å². The highest BCUT2D eigenvalue weighted by Crippen LogP contribution is 2.11. The van der Waals surface area contributed by atoms with Crippen molar-refractivity contribution in [2.45, 2.75) is 13.8 Å². The van der Waals surface area contributed by atoms with Gasteiger partial charge in [0.2, 0.25) is 11.9 Å². The summed E-state index contributed by atoms with van der Waals surface area (Å²) in [5.41, 5.74) is 1.15. The van der Waals surface area contributed by atoms with Crippen LogP contribution in [0.4, 0.5) is 5.95 Å². The number of hydrogen-bond donors (Lipinski definition) is 1.